The van der Waals surface area contributed by atoms with E-state index in [-0.39, 0.29) is 12.3 Å². The van der Waals surface area contributed by atoms with Gasteiger partial charge >= 0.3 is 5.97 Å². The third-order valence-corrected chi connectivity index (χ3v) is 3.04. The maximum Gasteiger partial charge on any atom is 0.326 e. The Bertz CT molecular complexity index is 460. The van der Waals surface area contributed by atoms with Crippen LogP contribution in [0.25, 0.3) is 0 Å². The Labute approximate surface area is 120 Å². The van der Waals surface area contributed by atoms with E-state index in [4.69, 9.17) is 9.52 Å². The highest BCUT2D eigenvalue weighted by Crippen LogP contribution is 2.01. The van der Waals surface area contributed by atoms with Crippen LogP contribution in [0, 0.1) is 0 Å². The molecule has 1 heterocycles. The molecule has 0 bridgehead atoms. The lowest BCUT2D eigenvalue weighted by molar-refractivity contribution is -0.141. The average molecular weight is 300 g/mol. The Morgan fingerprint density at radius 3 is 2.75 bits per heavy atom. The summed E-state index contributed by atoms with van der Waals surface area (Å²) in [4.78, 5) is 34.0. The lowest BCUT2D eigenvalue weighted by Gasteiger charge is -2.13. The standard InChI is InChI=1S/C12H16N2O5S/c1-20-6-4-8(12(17)18)14-10(15)7-13-11(16)9-3-2-5-19-9/h2-3,5,8H,4,6-7H2,1H3,(H,13,16)(H,14,15)(H,17,18)/t8-/m0/s1. The minimum atomic E-state index is -1.09. The SMILES string of the molecule is CSCC[C@H](NC(=O)CNC(=O)c1ccco1)C(=O)O. The van der Waals surface area contributed by atoms with Crippen LogP contribution in [0.1, 0.15) is 17.0 Å². The Morgan fingerprint density at radius 1 is 1.45 bits per heavy atom. The van der Waals surface area contributed by atoms with Crippen LogP contribution < -0.4 is 10.6 Å². The molecule has 1 aromatic rings. The molecule has 3 N–H and O–H groups in total. The van der Waals surface area contributed by atoms with Gasteiger partial charge in [0.2, 0.25) is 5.91 Å². The molecular weight excluding hydrogens is 284 g/mol. The van der Waals surface area contributed by atoms with Gasteiger partial charge in [0.05, 0.1) is 12.8 Å². The Kier molecular flexibility index (Phi) is 6.65. The van der Waals surface area contributed by atoms with Crippen LogP contribution in [0.2, 0.25) is 0 Å². The summed E-state index contributed by atoms with van der Waals surface area (Å²) >= 11 is 1.49. The minimum Gasteiger partial charge on any atom is -0.480 e. The summed E-state index contributed by atoms with van der Waals surface area (Å²) in [5.41, 5.74) is 0. The van der Waals surface area contributed by atoms with Gasteiger partial charge < -0.3 is 20.2 Å². The number of hydrogen-bond acceptors (Lipinski definition) is 5. The molecule has 0 aliphatic heterocycles. The number of nitrogens with one attached hydrogen (secondary N) is 2. The molecule has 0 spiro atoms. The second-order valence-electron chi connectivity index (χ2n) is 3.90. The molecule has 0 fully saturated rings. The van der Waals surface area contributed by atoms with Crippen LogP contribution in [0.4, 0.5) is 0 Å². The quantitative estimate of drug-likeness (QED) is 0.638. The van der Waals surface area contributed by atoms with Gasteiger partial charge in [0.15, 0.2) is 5.76 Å². The monoisotopic (exact) mass is 300 g/mol. The average Bonchev–Trinajstić information content (AvgIpc) is 2.94. The molecule has 8 heteroatoms. The molecule has 0 aliphatic carbocycles. The highest BCUT2D eigenvalue weighted by atomic mass is 32.2. The predicted molar refractivity (Wildman–Crippen MR) is 73.6 cm³/mol. The molecule has 20 heavy (non-hydrogen) atoms. The topological polar surface area (TPSA) is 109 Å². The number of carbonyl (C=O) groups excluding carboxylic acids is 2. The molecule has 0 aliphatic rings. The van der Waals surface area contributed by atoms with E-state index in [1.54, 1.807) is 6.07 Å². The number of amides is 2. The first-order valence-electron chi connectivity index (χ1n) is 5.87. The summed E-state index contributed by atoms with van der Waals surface area (Å²) in [6, 6.07) is 2.07. The highest BCUT2D eigenvalue weighted by Gasteiger charge is 2.19. The summed E-state index contributed by atoms with van der Waals surface area (Å²) in [5.74, 6) is -1.46. The van der Waals surface area contributed by atoms with Gasteiger partial charge in [-0.3, -0.25) is 9.59 Å². The first-order chi connectivity index (χ1) is 9.54. The van der Waals surface area contributed by atoms with Crippen molar-refractivity contribution in [2.24, 2.45) is 0 Å². The van der Waals surface area contributed by atoms with E-state index in [9.17, 15) is 14.4 Å². The van der Waals surface area contributed by atoms with Gasteiger partial charge in [-0.25, -0.2) is 4.79 Å². The van der Waals surface area contributed by atoms with Gasteiger partial charge in [-0.1, -0.05) is 0 Å². The van der Waals surface area contributed by atoms with Crippen molar-refractivity contribution < 1.29 is 23.9 Å². The zero-order valence-electron chi connectivity index (χ0n) is 10.9. The fraction of sp³-hybridized carbons (Fsp3) is 0.417. The smallest absolute Gasteiger partial charge is 0.326 e. The van der Waals surface area contributed by atoms with Crippen molar-refractivity contribution in [3.63, 3.8) is 0 Å². The Morgan fingerprint density at radius 2 is 2.20 bits per heavy atom. The number of rotatable bonds is 8. The first-order valence-corrected chi connectivity index (χ1v) is 7.26. The van der Waals surface area contributed by atoms with Crippen molar-refractivity contribution in [1.82, 2.24) is 10.6 Å². The van der Waals surface area contributed by atoms with Gasteiger partial charge in [-0.15, -0.1) is 0 Å². The second-order valence-corrected chi connectivity index (χ2v) is 4.89. The number of thioether (sulfide) groups is 1. The van der Waals surface area contributed by atoms with Crippen molar-refractivity contribution in [1.29, 1.82) is 0 Å². The van der Waals surface area contributed by atoms with Gasteiger partial charge in [-0.2, -0.15) is 11.8 Å². The Balaban J connectivity index is 2.38. The summed E-state index contributed by atoms with van der Waals surface area (Å²) < 4.78 is 4.86. The molecule has 1 rings (SSSR count). The summed E-state index contributed by atoms with van der Waals surface area (Å²) in [6.45, 7) is -0.303. The highest BCUT2D eigenvalue weighted by molar-refractivity contribution is 7.98. The molecule has 0 unspecified atom stereocenters. The first kappa shape index (κ1) is 16.1. The molecule has 0 saturated heterocycles. The second kappa shape index (κ2) is 8.26. The van der Waals surface area contributed by atoms with Crippen LogP contribution in [-0.4, -0.2) is 47.5 Å². The number of carboxylic acids is 1. The predicted octanol–water partition coefficient (Wildman–Crippen LogP) is 0.332. The van der Waals surface area contributed by atoms with E-state index in [0.717, 1.165) is 0 Å². The van der Waals surface area contributed by atoms with Gasteiger partial charge in [-0.05, 0) is 30.6 Å². The molecular formula is C12H16N2O5S. The summed E-state index contributed by atoms with van der Waals surface area (Å²) in [5, 5.41) is 13.6. The Hall–Kier alpha value is -1.96. The molecule has 0 aromatic carbocycles. The van der Waals surface area contributed by atoms with Crippen molar-refractivity contribution in [2.45, 2.75) is 12.5 Å². The van der Waals surface area contributed by atoms with Crippen molar-refractivity contribution >= 4 is 29.5 Å². The number of hydrogen-bond donors (Lipinski definition) is 3. The molecule has 0 saturated carbocycles. The van der Waals surface area contributed by atoms with E-state index in [1.165, 1.54) is 24.1 Å². The zero-order chi connectivity index (χ0) is 15.0. The van der Waals surface area contributed by atoms with Gasteiger partial charge in [0.1, 0.15) is 6.04 Å². The lowest BCUT2D eigenvalue weighted by Crippen LogP contribution is -2.45. The van der Waals surface area contributed by atoms with Crippen molar-refractivity contribution in [3.8, 4) is 0 Å². The molecule has 2 amide bonds. The molecule has 1 atom stereocenters. The van der Waals surface area contributed by atoms with E-state index in [1.807, 2.05) is 6.26 Å². The van der Waals surface area contributed by atoms with E-state index < -0.39 is 23.8 Å². The molecule has 0 radical (unpaired) electrons. The van der Waals surface area contributed by atoms with E-state index in [2.05, 4.69) is 10.6 Å². The van der Waals surface area contributed by atoms with Gasteiger partial charge in [0.25, 0.3) is 5.91 Å². The molecule has 110 valence electrons. The third-order valence-electron chi connectivity index (χ3n) is 2.40. The number of furan rings is 1. The van der Waals surface area contributed by atoms with Gasteiger partial charge in [0, 0.05) is 0 Å². The number of carboxylic acid groups (broad SMARTS) is 1. The fourth-order valence-electron chi connectivity index (χ4n) is 1.39. The third kappa shape index (κ3) is 5.35. The van der Waals surface area contributed by atoms with Crippen LogP contribution >= 0.6 is 11.8 Å². The normalized spacial score (nSPS) is 11.7. The maximum absolute atomic E-state index is 11.6. The summed E-state index contributed by atoms with van der Waals surface area (Å²) in [7, 11) is 0. The molecule has 1 aromatic heterocycles. The van der Waals surface area contributed by atoms with Crippen LogP contribution in [-0.2, 0) is 9.59 Å². The summed E-state index contributed by atoms with van der Waals surface area (Å²) in [6.07, 6.45) is 3.52. The van der Waals surface area contributed by atoms with Crippen LogP contribution in [0.15, 0.2) is 22.8 Å². The largest absolute Gasteiger partial charge is 0.480 e. The van der Waals surface area contributed by atoms with Crippen molar-refractivity contribution in [2.75, 3.05) is 18.6 Å². The van der Waals surface area contributed by atoms with Crippen molar-refractivity contribution in [3.05, 3.63) is 24.2 Å². The fourth-order valence-corrected chi connectivity index (χ4v) is 1.87. The molecule has 7 nitrogen and oxygen atoms in total. The van der Waals surface area contributed by atoms with E-state index in [0.29, 0.717) is 12.2 Å². The minimum absolute atomic E-state index is 0.0926. The lowest BCUT2D eigenvalue weighted by atomic mass is 10.2. The van der Waals surface area contributed by atoms with E-state index >= 15 is 0 Å². The zero-order valence-corrected chi connectivity index (χ0v) is 11.7. The maximum atomic E-state index is 11.6. The van der Waals surface area contributed by atoms with Crippen LogP contribution in [0.5, 0.6) is 0 Å². The number of carbonyl (C=O) groups is 3. The van der Waals surface area contributed by atoms with Crippen LogP contribution in [0.3, 0.4) is 0 Å². The number of aliphatic carboxylic acids is 1.